The van der Waals surface area contributed by atoms with Crippen LogP contribution in [0.3, 0.4) is 0 Å². The molecule has 0 heterocycles. The Morgan fingerprint density at radius 2 is 1.90 bits per heavy atom. The van der Waals surface area contributed by atoms with Crippen LogP contribution < -0.4 is 5.32 Å². The van der Waals surface area contributed by atoms with E-state index in [9.17, 15) is 0 Å². The molecule has 0 aliphatic carbocycles. The van der Waals surface area contributed by atoms with E-state index in [0.717, 1.165) is 27.5 Å². The van der Waals surface area contributed by atoms with Gasteiger partial charge in [0.2, 0.25) is 0 Å². The van der Waals surface area contributed by atoms with Crippen LogP contribution in [0.1, 0.15) is 24.5 Å². The fraction of sp³-hybridized carbons (Fsp3) is 0.294. The van der Waals surface area contributed by atoms with Crippen molar-refractivity contribution in [2.75, 3.05) is 5.32 Å². The average molecular weight is 397 g/mol. The van der Waals surface area contributed by atoms with E-state index in [1.54, 1.807) is 0 Å². The van der Waals surface area contributed by atoms with Crippen molar-refractivity contribution in [1.29, 1.82) is 0 Å². The number of rotatable bonds is 5. The first-order valence-electron chi connectivity index (χ1n) is 6.82. The van der Waals surface area contributed by atoms with Crippen LogP contribution in [0, 0.1) is 6.92 Å². The quantitative estimate of drug-likeness (QED) is 0.657. The predicted molar refractivity (Wildman–Crippen MR) is 94.4 cm³/mol. The third-order valence-electron chi connectivity index (χ3n) is 3.28. The topological polar surface area (TPSA) is 12.0 Å². The Labute approximate surface area is 138 Å². The largest absolute Gasteiger partial charge is 0.382 e. The molecule has 1 atom stereocenters. The molecule has 106 valence electrons. The van der Waals surface area contributed by atoms with E-state index >= 15 is 0 Å². The minimum Gasteiger partial charge on any atom is -0.382 e. The zero-order valence-electron chi connectivity index (χ0n) is 11.8. The average Bonchev–Trinajstić information content (AvgIpc) is 2.41. The lowest BCUT2D eigenvalue weighted by molar-refractivity contribution is 0.705. The summed E-state index contributed by atoms with van der Waals surface area (Å²) >= 11 is 7.09. The predicted octanol–water partition coefficient (Wildman–Crippen LogP) is 5.95. The van der Waals surface area contributed by atoms with Gasteiger partial charge in [-0.15, -0.1) is 0 Å². The van der Waals surface area contributed by atoms with Gasteiger partial charge in [0.15, 0.2) is 0 Å². The third-order valence-corrected chi connectivity index (χ3v) is 4.46. The van der Waals surface area contributed by atoms with Gasteiger partial charge in [0.25, 0.3) is 0 Å². The van der Waals surface area contributed by atoms with Crippen LogP contribution in [0.4, 0.5) is 5.69 Å². The highest BCUT2D eigenvalue weighted by Crippen LogP contribution is 2.27. The number of halogens is 2. The first-order chi connectivity index (χ1) is 9.54. The summed E-state index contributed by atoms with van der Waals surface area (Å²) in [5.41, 5.74) is 3.88. The molecule has 2 rings (SSSR count). The van der Waals surface area contributed by atoms with Gasteiger partial charge in [-0.05, 0) is 66.4 Å². The summed E-state index contributed by atoms with van der Waals surface area (Å²) < 4.78 is 2.19. The number of nitrogens with one attached hydrogen (secondary N) is 1. The highest BCUT2D eigenvalue weighted by atomic mass is 79.9. The Kier molecular flexibility index (Phi) is 5.67. The van der Waals surface area contributed by atoms with Gasteiger partial charge in [0.1, 0.15) is 0 Å². The molecular weight excluding hydrogens is 378 g/mol. The summed E-state index contributed by atoms with van der Waals surface area (Å²) in [5.74, 6) is 0. The second-order valence-corrected chi connectivity index (χ2v) is 6.97. The molecule has 1 unspecified atom stereocenters. The second-order valence-electron chi connectivity index (χ2n) is 5.20. The van der Waals surface area contributed by atoms with Gasteiger partial charge in [0.05, 0.1) is 0 Å². The Morgan fingerprint density at radius 1 is 1.10 bits per heavy atom. The van der Waals surface area contributed by atoms with E-state index in [0.29, 0.717) is 6.04 Å². The number of anilines is 1. The van der Waals surface area contributed by atoms with Crippen LogP contribution in [0.2, 0.25) is 0 Å². The second kappa shape index (κ2) is 7.28. The molecule has 0 spiro atoms. The zero-order chi connectivity index (χ0) is 14.5. The summed E-state index contributed by atoms with van der Waals surface area (Å²) in [6, 6.07) is 15.4. The highest BCUT2D eigenvalue weighted by Gasteiger charge is 2.06. The number of hydrogen-bond donors (Lipinski definition) is 1. The van der Waals surface area contributed by atoms with Gasteiger partial charge in [0, 0.05) is 20.7 Å². The van der Waals surface area contributed by atoms with Crippen molar-refractivity contribution in [3.63, 3.8) is 0 Å². The molecule has 0 amide bonds. The van der Waals surface area contributed by atoms with E-state index in [1.807, 2.05) is 6.07 Å². The smallest absolute Gasteiger partial charge is 0.0497 e. The normalized spacial score (nSPS) is 12.2. The number of aryl methyl sites for hydroxylation is 2. The Balaban J connectivity index is 1.92. The van der Waals surface area contributed by atoms with Crippen molar-refractivity contribution < 1.29 is 0 Å². The molecule has 0 bridgehead atoms. The lowest BCUT2D eigenvalue weighted by atomic mass is 10.0. The highest BCUT2D eigenvalue weighted by molar-refractivity contribution is 9.11. The molecule has 2 aromatic rings. The monoisotopic (exact) mass is 395 g/mol. The molecule has 0 aromatic heterocycles. The molecule has 0 aliphatic rings. The standard InChI is InChI=1S/C17H19Br2N/c1-12-4-3-5-14(10-12)7-6-13(2)20-17-11-15(18)8-9-16(17)19/h3-5,8-11,13,20H,6-7H2,1-2H3. The summed E-state index contributed by atoms with van der Waals surface area (Å²) in [7, 11) is 0. The molecule has 0 aliphatic heterocycles. The molecule has 0 radical (unpaired) electrons. The van der Waals surface area contributed by atoms with Crippen molar-refractivity contribution >= 4 is 37.5 Å². The fourth-order valence-electron chi connectivity index (χ4n) is 2.20. The van der Waals surface area contributed by atoms with E-state index in [-0.39, 0.29) is 0 Å². The van der Waals surface area contributed by atoms with Crippen LogP contribution in [0.5, 0.6) is 0 Å². The molecular formula is C17H19Br2N. The van der Waals surface area contributed by atoms with Crippen LogP contribution in [-0.4, -0.2) is 6.04 Å². The minimum atomic E-state index is 0.432. The number of benzene rings is 2. The van der Waals surface area contributed by atoms with Crippen molar-refractivity contribution in [2.24, 2.45) is 0 Å². The van der Waals surface area contributed by atoms with Gasteiger partial charge in [-0.1, -0.05) is 45.8 Å². The minimum absolute atomic E-state index is 0.432. The molecule has 20 heavy (non-hydrogen) atoms. The van der Waals surface area contributed by atoms with Gasteiger partial charge >= 0.3 is 0 Å². The molecule has 1 N–H and O–H groups in total. The van der Waals surface area contributed by atoms with Gasteiger partial charge in [-0.25, -0.2) is 0 Å². The maximum absolute atomic E-state index is 3.58. The molecule has 0 saturated carbocycles. The maximum atomic E-state index is 3.58. The Bertz CT molecular complexity index is 581. The molecule has 1 nitrogen and oxygen atoms in total. The molecule has 2 aromatic carbocycles. The van der Waals surface area contributed by atoms with Crippen molar-refractivity contribution in [3.05, 3.63) is 62.5 Å². The first kappa shape index (κ1) is 15.6. The lowest BCUT2D eigenvalue weighted by Gasteiger charge is -2.17. The lowest BCUT2D eigenvalue weighted by Crippen LogP contribution is -2.16. The van der Waals surface area contributed by atoms with Crippen LogP contribution in [0.25, 0.3) is 0 Å². The van der Waals surface area contributed by atoms with Gasteiger partial charge in [-0.2, -0.15) is 0 Å². The molecule has 0 saturated heterocycles. The van der Waals surface area contributed by atoms with Crippen molar-refractivity contribution in [3.8, 4) is 0 Å². The van der Waals surface area contributed by atoms with Crippen LogP contribution >= 0.6 is 31.9 Å². The van der Waals surface area contributed by atoms with E-state index in [2.05, 4.69) is 87.4 Å². The summed E-state index contributed by atoms with van der Waals surface area (Å²) in [6.45, 7) is 4.37. The summed E-state index contributed by atoms with van der Waals surface area (Å²) in [6.07, 6.45) is 2.21. The zero-order valence-corrected chi connectivity index (χ0v) is 15.0. The van der Waals surface area contributed by atoms with Gasteiger partial charge < -0.3 is 5.32 Å². The fourth-order valence-corrected chi connectivity index (χ4v) is 2.92. The molecule has 0 fully saturated rings. The van der Waals surface area contributed by atoms with E-state index in [1.165, 1.54) is 11.1 Å². The van der Waals surface area contributed by atoms with Gasteiger partial charge in [-0.3, -0.25) is 0 Å². The van der Waals surface area contributed by atoms with Crippen molar-refractivity contribution in [1.82, 2.24) is 0 Å². The summed E-state index contributed by atoms with van der Waals surface area (Å²) in [4.78, 5) is 0. The third kappa shape index (κ3) is 4.64. The van der Waals surface area contributed by atoms with Crippen LogP contribution in [-0.2, 0) is 6.42 Å². The maximum Gasteiger partial charge on any atom is 0.0497 e. The van der Waals surface area contributed by atoms with E-state index < -0.39 is 0 Å². The molecule has 3 heteroatoms. The van der Waals surface area contributed by atoms with Crippen molar-refractivity contribution in [2.45, 2.75) is 32.7 Å². The summed E-state index contributed by atoms with van der Waals surface area (Å²) in [5, 5.41) is 3.56. The first-order valence-corrected chi connectivity index (χ1v) is 8.40. The SMILES string of the molecule is Cc1cccc(CCC(C)Nc2cc(Br)ccc2Br)c1. The van der Waals surface area contributed by atoms with Crippen LogP contribution in [0.15, 0.2) is 51.4 Å². The van der Waals surface area contributed by atoms with E-state index in [4.69, 9.17) is 0 Å². The number of hydrogen-bond acceptors (Lipinski definition) is 1. The Morgan fingerprint density at radius 3 is 2.65 bits per heavy atom. The Hall–Kier alpha value is -0.800.